The molecule has 0 aliphatic rings. The third kappa shape index (κ3) is 3.00. The van der Waals surface area contributed by atoms with E-state index in [4.69, 9.17) is 11.6 Å². The van der Waals surface area contributed by atoms with Gasteiger partial charge in [-0.2, -0.15) is 5.10 Å². The summed E-state index contributed by atoms with van der Waals surface area (Å²) in [5, 5.41) is 12.1. The molecule has 3 rings (SSSR count). The summed E-state index contributed by atoms with van der Waals surface area (Å²) in [5.74, 6) is -0.888. The molecule has 0 aliphatic heterocycles. The standard InChI is InChI=1S/C14H10ClFN4OS/c15-9-2-1-3-10(16)8(9)6-12(21)19-11-7-18-20-13(11)14-17-4-5-22-14/h1-5,7H,6H2,(H,18,20)(H,19,21). The molecule has 0 unspecified atom stereocenters. The van der Waals surface area contributed by atoms with Crippen molar-refractivity contribution in [3.8, 4) is 10.7 Å². The quantitative estimate of drug-likeness (QED) is 0.766. The molecule has 0 bridgehead atoms. The number of hydrogen-bond acceptors (Lipinski definition) is 4. The van der Waals surface area contributed by atoms with Crippen LogP contribution in [-0.2, 0) is 11.2 Å². The molecule has 2 aromatic heterocycles. The van der Waals surface area contributed by atoms with Crippen LogP contribution in [0.2, 0.25) is 5.02 Å². The van der Waals surface area contributed by atoms with Crippen molar-refractivity contribution >= 4 is 34.5 Å². The Morgan fingerprint density at radius 1 is 1.45 bits per heavy atom. The lowest BCUT2D eigenvalue weighted by Crippen LogP contribution is -2.15. The van der Waals surface area contributed by atoms with Crippen LogP contribution in [0.5, 0.6) is 0 Å². The second-order valence-electron chi connectivity index (χ2n) is 4.42. The molecule has 112 valence electrons. The van der Waals surface area contributed by atoms with Crippen LogP contribution in [0.4, 0.5) is 10.1 Å². The summed E-state index contributed by atoms with van der Waals surface area (Å²) in [5.41, 5.74) is 1.27. The number of aromatic amines is 1. The fourth-order valence-electron chi connectivity index (χ4n) is 1.95. The third-order valence-corrected chi connectivity index (χ3v) is 4.10. The lowest BCUT2D eigenvalue weighted by atomic mass is 10.1. The summed E-state index contributed by atoms with van der Waals surface area (Å²) in [6, 6.07) is 4.31. The van der Waals surface area contributed by atoms with E-state index in [0.717, 1.165) is 0 Å². The number of nitrogens with one attached hydrogen (secondary N) is 2. The first-order chi connectivity index (χ1) is 10.6. The molecule has 22 heavy (non-hydrogen) atoms. The number of carbonyl (C=O) groups excluding carboxylic acids is 1. The molecule has 0 fully saturated rings. The van der Waals surface area contributed by atoms with Gasteiger partial charge in [0.1, 0.15) is 16.5 Å². The van der Waals surface area contributed by atoms with E-state index >= 15 is 0 Å². The number of amides is 1. The Balaban J connectivity index is 1.77. The number of halogens is 2. The van der Waals surface area contributed by atoms with Crippen molar-refractivity contribution in [1.29, 1.82) is 0 Å². The van der Waals surface area contributed by atoms with E-state index in [1.807, 2.05) is 5.38 Å². The number of rotatable bonds is 4. The van der Waals surface area contributed by atoms with Gasteiger partial charge < -0.3 is 5.32 Å². The summed E-state index contributed by atoms with van der Waals surface area (Å²) in [6.45, 7) is 0. The number of benzene rings is 1. The maximum Gasteiger partial charge on any atom is 0.229 e. The zero-order chi connectivity index (χ0) is 15.5. The highest BCUT2D eigenvalue weighted by Crippen LogP contribution is 2.27. The van der Waals surface area contributed by atoms with E-state index in [-0.39, 0.29) is 22.9 Å². The molecule has 0 spiro atoms. The molecule has 8 heteroatoms. The fraction of sp³-hybridized carbons (Fsp3) is 0.0714. The summed E-state index contributed by atoms with van der Waals surface area (Å²) in [7, 11) is 0. The monoisotopic (exact) mass is 336 g/mol. The van der Waals surface area contributed by atoms with E-state index in [1.54, 1.807) is 12.3 Å². The van der Waals surface area contributed by atoms with Crippen molar-refractivity contribution in [3.05, 3.63) is 52.4 Å². The Kier molecular flexibility index (Phi) is 4.17. The van der Waals surface area contributed by atoms with Crippen LogP contribution >= 0.6 is 22.9 Å². The molecule has 5 nitrogen and oxygen atoms in total. The number of thiazole rings is 1. The molecule has 0 radical (unpaired) electrons. The van der Waals surface area contributed by atoms with Gasteiger partial charge in [0.05, 0.1) is 18.3 Å². The SMILES string of the molecule is O=C(Cc1c(F)cccc1Cl)Nc1cn[nH]c1-c1nccs1. The minimum absolute atomic E-state index is 0.159. The van der Waals surface area contributed by atoms with Crippen LogP contribution in [0.1, 0.15) is 5.56 Å². The average molecular weight is 337 g/mol. The van der Waals surface area contributed by atoms with Crippen molar-refractivity contribution in [3.63, 3.8) is 0 Å². The van der Waals surface area contributed by atoms with Crippen LogP contribution in [0.3, 0.4) is 0 Å². The third-order valence-electron chi connectivity index (χ3n) is 2.96. The number of aromatic nitrogens is 3. The summed E-state index contributed by atoms with van der Waals surface area (Å²) in [6.07, 6.45) is 2.98. The second kappa shape index (κ2) is 6.25. The van der Waals surface area contributed by atoms with Crippen molar-refractivity contribution in [1.82, 2.24) is 15.2 Å². The Hall–Kier alpha value is -2.25. The predicted octanol–water partition coefficient (Wildman–Crippen LogP) is 3.51. The number of nitrogens with zero attached hydrogens (tertiary/aromatic N) is 2. The van der Waals surface area contributed by atoms with Crippen LogP contribution in [0.15, 0.2) is 36.0 Å². The van der Waals surface area contributed by atoms with Gasteiger partial charge in [-0.15, -0.1) is 11.3 Å². The zero-order valence-electron chi connectivity index (χ0n) is 11.1. The number of H-pyrrole nitrogens is 1. The summed E-state index contributed by atoms with van der Waals surface area (Å²) < 4.78 is 13.7. The van der Waals surface area contributed by atoms with E-state index in [0.29, 0.717) is 16.4 Å². The average Bonchev–Trinajstić information content (AvgIpc) is 3.13. The first-order valence-corrected chi connectivity index (χ1v) is 7.57. The molecule has 0 atom stereocenters. The first kappa shape index (κ1) is 14.7. The molecule has 1 aromatic carbocycles. The maximum atomic E-state index is 13.7. The first-order valence-electron chi connectivity index (χ1n) is 6.31. The Morgan fingerprint density at radius 3 is 3.05 bits per heavy atom. The van der Waals surface area contributed by atoms with Gasteiger partial charge in [-0.25, -0.2) is 9.37 Å². The van der Waals surface area contributed by atoms with Crippen molar-refractivity contribution in [2.75, 3.05) is 5.32 Å². The maximum absolute atomic E-state index is 13.7. The minimum atomic E-state index is -0.505. The predicted molar refractivity (Wildman–Crippen MR) is 83.4 cm³/mol. The van der Waals surface area contributed by atoms with E-state index in [2.05, 4.69) is 20.5 Å². The lowest BCUT2D eigenvalue weighted by molar-refractivity contribution is -0.115. The highest BCUT2D eigenvalue weighted by atomic mass is 35.5. The second-order valence-corrected chi connectivity index (χ2v) is 5.72. The van der Waals surface area contributed by atoms with Gasteiger partial charge in [-0.3, -0.25) is 9.89 Å². The Morgan fingerprint density at radius 2 is 2.32 bits per heavy atom. The van der Waals surface area contributed by atoms with Crippen LogP contribution < -0.4 is 5.32 Å². The van der Waals surface area contributed by atoms with E-state index < -0.39 is 5.82 Å². The molecule has 3 aromatic rings. The van der Waals surface area contributed by atoms with Crippen LogP contribution in [0.25, 0.3) is 10.7 Å². The molecular formula is C14H10ClFN4OS. The normalized spacial score (nSPS) is 10.6. The molecule has 0 aliphatic carbocycles. The van der Waals surface area contributed by atoms with Gasteiger partial charge in [0, 0.05) is 22.2 Å². The van der Waals surface area contributed by atoms with Crippen molar-refractivity contribution < 1.29 is 9.18 Å². The van der Waals surface area contributed by atoms with E-state index in [9.17, 15) is 9.18 Å². The highest BCUT2D eigenvalue weighted by Gasteiger charge is 2.15. The van der Waals surface area contributed by atoms with Gasteiger partial charge in [-0.1, -0.05) is 17.7 Å². The number of carbonyl (C=O) groups is 1. The Bertz CT molecular complexity index is 783. The summed E-state index contributed by atoms with van der Waals surface area (Å²) >= 11 is 7.34. The van der Waals surface area contributed by atoms with Gasteiger partial charge >= 0.3 is 0 Å². The minimum Gasteiger partial charge on any atom is -0.323 e. The van der Waals surface area contributed by atoms with E-state index in [1.165, 1.54) is 29.7 Å². The molecule has 2 heterocycles. The molecule has 0 saturated heterocycles. The zero-order valence-corrected chi connectivity index (χ0v) is 12.7. The number of hydrogen-bond donors (Lipinski definition) is 2. The van der Waals surface area contributed by atoms with Crippen molar-refractivity contribution in [2.45, 2.75) is 6.42 Å². The van der Waals surface area contributed by atoms with Gasteiger partial charge in [0.2, 0.25) is 5.91 Å². The van der Waals surface area contributed by atoms with Crippen LogP contribution in [-0.4, -0.2) is 21.1 Å². The largest absolute Gasteiger partial charge is 0.323 e. The topological polar surface area (TPSA) is 70.7 Å². The molecule has 0 saturated carbocycles. The Labute approximate surface area is 134 Å². The molecule has 1 amide bonds. The fourth-order valence-corrected chi connectivity index (χ4v) is 2.82. The van der Waals surface area contributed by atoms with Gasteiger partial charge in [0.25, 0.3) is 0 Å². The lowest BCUT2D eigenvalue weighted by Gasteiger charge is -2.07. The molecular weight excluding hydrogens is 327 g/mol. The highest BCUT2D eigenvalue weighted by molar-refractivity contribution is 7.13. The summed E-state index contributed by atoms with van der Waals surface area (Å²) in [4.78, 5) is 16.3. The molecule has 2 N–H and O–H groups in total. The van der Waals surface area contributed by atoms with Gasteiger partial charge in [-0.05, 0) is 12.1 Å². The van der Waals surface area contributed by atoms with Crippen molar-refractivity contribution in [2.24, 2.45) is 0 Å². The number of anilines is 1. The smallest absolute Gasteiger partial charge is 0.229 e. The van der Waals surface area contributed by atoms with Crippen LogP contribution in [0, 0.1) is 5.82 Å². The van der Waals surface area contributed by atoms with Gasteiger partial charge in [0.15, 0.2) is 0 Å².